The van der Waals surface area contributed by atoms with Crippen LogP contribution in [0.1, 0.15) is 11.1 Å². The van der Waals surface area contributed by atoms with E-state index in [4.69, 9.17) is 16.3 Å². The standard InChI is InChI=1S/C23H23ClN2O4S/c1-16-8-9-18(24)15-21(16)25-23(27)22(14-17-6-4-3-5-7-17)26-31(28,29)20-12-10-19(30-2)11-13-20/h3-13,15,22,26H,14H2,1-2H3,(H,25,27). The van der Waals surface area contributed by atoms with E-state index in [1.165, 1.54) is 19.2 Å². The Morgan fingerprint density at radius 1 is 1.03 bits per heavy atom. The zero-order valence-electron chi connectivity index (χ0n) is 17.1. The molecule has 6 nitrogen and oxygen atoms in total. The summed E-state index contributed by atoms with van der Waals surface area (Å²) in [6.07, 6.45) is 0.182. The summed E-state index contributed by atoms with van der Waals surface area (Å²) >= 11 is 6.05. The number of halogens is 1. The third-order valence-electron chi connectivity index (χ3n) is 4.72. The molecule has 2 N–H and O–H groups in total. The van der Waals surface area contributed by atoms with Crippen molar-refractivity contribution in [1.82, 2.24) is 4.72 Å². The fourth-order valence-electron chi connectivity index (χ4n) is 3.00. The third-order valence-corrected chi connectivity index (χ3v) is 6.45. The third kappa shape index (κ3) is 6.07. The molecule has 0 radical (unpaired) electrons. The lowest BCUT2D eigenvalue weighted by Gasteiger charge is -2.20. The second-order valence-electron chi connectivity index (χ2n) is 6.99. The van der Waals surface area contributed by atoms with Crippen LogP contribution in [0.3, 0.4) is 0 Å². The number of benzene rings is 3. The monoisotopic (exact) mass is 458 g/mol. The number of anilines is 1. The predicted octanol–water partition coefficient (Wildman–Crippen LogP) is 4.19. The SMILES string of the molecule is COc1ccc(S(=O)(=O)NC(Cc2ccccc2)C(=O)Nc2cc(Cl)ccc2C)cc1. The minimum atomic E-state index is -3.95. The van der Waals surface area contributed by atoms with Gasteiger partial charge in [0, 0.05) is 10.7 Å². The number of rotatable bonds is 8. The molecule has 0 heterocycles. The van der Waals surface area contributed by atoms with Gasteiger partial charge in [-0.2, -0.15) is 4.72 Å². The fraction of sp³-hybridized carbons (Fsp3) is 0.174. The van der Waals surface area contributed by atoms with Gasteiger partial charge < -0.3 is 10.1 Å². The first-order chi connectivity index (χ1) is 14.8. The van der Waals surface area contributed by atoms with Crippen molar-refractivity contribution in [3.63, 3.8) is 0 Å². The molecular formula is C23H23ClN2O4S. The number of carbonyl (C=O) groups is 1. The summed E-state index contributed by atoms with van der Waals surface area (Å²) in [7, 11) is -2.45. The summed E-state index contributed by atoms with van der Waals surface area (Å²) in [5.74, 6) is 0.0558. The van der Waals surface area contributed by atoms with Crippen LogP contribution in [0.2, 0.25) is 5.02 Å². The Hall–Kier alpha value is -2.87. The number of nitrogens with one attached hydrogen (secondary N) is 2. The Morgan fingerprint density at radius 2 is 1.71 bits per heavy atom. The van der Waals surface area contributed by atoms with Crippen molar-refractivity contribution in [1.29, 1.82) is 0 Å². The van der Waals surface area contributed by atoms with Crippen LogP contribution in [-0.2, 0) is 21.2 Å². The number of carbonyl (C=O) groups excluding carboxylic acids is 1. The molecule has 0 saturated carbocycles. The maximum absolute atomic E-state index is 13.1. The highest BCUT2D eigenvalue weighted by Crippen LogP contribution is 2.21. The molecule has 1 unspecified atom stereocenters. The number of hydrogen-bond donors (Lipinski definition) is 2. The van der Waals surface area contributed by atoms with E-state index in [9.17, 15) is 13.2 Å². The normalized spacial score (nSPS) is 12.2. The summed E-state index contributed by atoms with van der Waals surface area (Å²) < 4.78 is 33.5. The van der Waals surface area contributed by atoms with Gasteiger partial charge in [0.25, 0.3) is 0 Å². The highest BCUT2D eigenvalue weighted by atomic mass is 35.5. The first kappa shape index (κ1) is 22.8. The molecule has 3 rings (SSSR count). The number of hydrogen-bond acceptors (Lipinski definition) is 4. The molecule has 1 amide bonds. The molecule has 0 aliphatic carbocycles. The van der Waals surface area contributed by atoms with E-state index >= 15 is 0 Å². The van der Waals surface area contributed by atoms with Crippen molar-refractivity contribution in [3.8, 4) is 5.75 Å². The Kier molecular flexibility index (Phi) is 7.33. The maximum atomic E-state index is 13.1. The van der Waals surface area contributed by atoms with Crippen LogP contribution in [0.4, 0.5) is 5.69 Å². The van der Waals surface area contributed by atoms with Gasteiger partial charge in [-0.25, -0.2) is 8.42 Å². The van der Waals surface area contributed by atoms with E-state index in [1.54, 1.807) is 30.3 Å². The highest BCUT2D eigenvalue weighted by Gasteiger charge is 2.26. The Morgan fingerprint density at radius 3 is 2.35 bits per heavy atom. The predicted molar refractivity (Wildman–Crippen MR) is 122 cm³/mol. The summed E-state index contributed by atoms with van der Waals surface area (Å²) in [5.41, 5.74) is 2.16. The molecule has 0 fully saturated rings. The molecule has 0 bridgehead atoms. The summed E-state index contributed by atoms with van der Waals surface area (Å²) in [4.78, 5) is 13.1. The van der Waals surface area contributed by atoms with Crippen molar-refractivity contribution in [2.24, 2.45) is 0 Å². The van der Waals surface area contributed by atoms with Crippen LogP contribution in [-0.4, -0.2) is 27.5 Å². The second kappa shape index (κ2) is 9.96. The molecule has 0 aromatic heterocycles. The number of aryl methyl sites for hydroxylation is 1. The summed E-state index contributed by atoms with van der Waals surface area (Å²) in [6, 6.07) is 19.3. The molecule has 0 aliphatic heterocycles. The quantitative estimate of drug-likeness (QED) is 0.530. The average Bonchev–Trinajstić information content (AvgIpc) is 2.76. The van der Waals surface area contributed by atoms with Crippen LogP contribution in [0.5, 0.6) is 5.75 Å². The van der Waals surface area contributed by atoms with Gasteiger partial charge in [0.1, 0.15) is 11.8 Å². The average molecular weight is 459 g/mol. The van der Waals surface area contributed by atoms with E-state index in [2.05, 4.69) is 10.0 Å². The lowest BCUT2D eigenvalue weighted by atomic mass is 10.1. The van der Waals surface area contributed by atoms with E-state index in [1.807, 2.05) is 37.3 Å². The smallest absolute Gasteiger partial charge is 0.242 e. The number of methoxy groups -OCH3 is 1. The molecule has 0 saturated heterocycles. The molecule has 0 aliphatic rings. The topological polar surface area (TPSA) is 84.5 Å². The molecule has 1 atom stereocenters. The van der Waals surface area contributed by atoms with E-state index < -0.39 is 22.0 Å². The van der Waals surface area contributed by atoms with Crippen molar-refractivity contribution in [2.75, 3.05) is 12.4 Å². The molecule has 3 aromatic rings. The van der Waals surface area contributed by atoms with Gasteiger partial charge in [-0.3, -0.25) is 4.79 Å². The van der Waals surface area contributed by atoms with Gasteiger partial charge in [0.2, 0.25) is 15.9 Å². The van der Waals surface area contributed by atoms with Gasteiger partial charge in [-0.15, -0.1) is 0 Å². The van der Waals surface area contributed by atoms with Crippen LogP contribution in [0.25, 0.3) is 0 Å². The lowest BCUT2D eigenvalue weighted by Crippen LogP contribution is -2.45. The van der Waals surface area contributed by atoms with Crippen LogP contribution in [0.15, 0.2) is 77.7 Å². The zero-order chi connectivity index (χ0) is 22.4. The van der Waals surface area contributed by atoms with E-state index in [0.29, 0.717) is 16.5 Å². The van der Waals surface area contributed by atoms with Crippen LogP contribution in [0, 0.1) is 6.92 Å². The van der Waals surface area contributed by atoms with Gasteiger partial charge in [0.15, 0.2) is 0 Å². The lowest BCUT2D eigenvalue weighted by molar-refractivity contribution is -0.117. The molecule has 3 aromatic carbocycles. The molecular weight excluding hydrogens is 436 g/mol. The number of amides is 1. The van der Waals surface area contributed by atoms with Crippen LogP contribution >= 0.6 is 11.6 Å². The van der Waals surface area contributed by atoms with Gasteiger partial charge in [0.05, 0.1) is 12.0 Å². The molecule has 0 spiro atoms. The summed E-state index contributed by atoms with van der Waals surface area (Å²) in [5, 5.41) is 3.26. The van der Waals surface area contributed by atoms with Crippen molar-refractivity contribution in [2.45, 2.75) is 24.3 Å². The molecule has 162 valence electrons. The fourth-order valence-corrected chi connectivity index (χ4v) is 4.36. The Bertz CT molecular complexity index is 1150. The Balaban J connectivity index is 1.88. The van der Waals surface area contributed by atoms with E-state index in [0.717, 1.165) is 11.1 Å². The van der Waals surface area contributed by atoms with Crippen molar-refractivity contribution >= 4 is 33.2 Å². The Labute approximate surface area is 187 Å². The zero-order valence-corrected chi connectivity index (χ0v) is 18.7. The second-order valence-corrected chi connectivity index (χ2v) is 9.14. The minimum Gasteiger partial charge on any atom is -0.497 e. The first-order valence-electron chi connectivity index (χ1n) is 9.56. The summed E-state index contributed by atoms with van der Waals surface area (Å²) in [6.45, 7) is 1.83. The van der Waals surface area contributed by atoms with Crippen molar-refractivity contribution < 1.29 is 17.9 Å². The molecule has 31 heavy (non-hydrogen) atoms. The van der Waals surface area contributed by atoms with Crippen molar-refractivity contribution in [3.05, 3.63) is 88.9 Å². The minimum absolute atomic E-state index is 0.0399. The highest BCUT2D eigenvalue weighted by molar-refractivity contribution is 7.89. The molecule has 8 heteroatoms. The van der Waals surface area contributed by atoms with Gasteiger partial charge >= 0.3 is 0 Å². The van der Waals surface area contributed by atoms with Gasteiger partial charge in [-0.1, -0.05) is 48.0 Å². The first-order valence-corrected chi connectivity index (χ1v) is 11.4. The largest absolute Gasteiger partial charge is 0.497 e. The van der Waals surface area contributed by atoms with E-state index in [-0.39, 0.29) is 11.3 Å². The van der Waals surface area contributed by atoms with Gasteiger partial charge in [-0.05, 0) is 60.9 Å². The maximum Gasteiger partial charge on any atom is 0.242 e. The number of ether oxygens (including phenoxy) is 1. The number of sulfonamides is 1. The van der Waals surface area contributed by atoms with Crippen LogP contribution < -0.4 is 14.8 Å².